The highest BCUT2D eigenvalue weighted by molar-refractivity contribution is 5.29. The Labute approximate surface area is 145 Å². The summed E-state index contributed by atoms with van der Waals surface area (Å²) < 4.78 is 17.7. The number of aliphatic hydroxyl groups excluding tert-OH is 1. The summed E-state index contributed by atoms with van der Waals surface area (Å²) in [6, 6.07) is 8.35. The predicted molar refractivity (Wildman–Crippen MR) is 93.0 cm³/mol. The molecule has 0 bridgehead atoms. The van der Waals surface area contributed by atoms with E-state index in [1.165, 1.54) is 12.0 Å². The highest BCUT2D eigenvalue weighted by Crippen LogP contribution is 2.48. The Bertz CT molecular complexity index is 524. The molecule has 1 aliphatic heterocycles. The molecule has 1 saturated heterocycles. The molecule has 1 N–H and O–H groups in total. The van der Waals surface area contributed by atoms with E-state index in [1.807, 2.05) is 6.07 Å². The van der Waals surface area contributed by atoms with Crippen molar-refractivity contribution in [3.8, 4) is 5.75 Å². The van der Waals surface area contributed by atoms with Gasteiger partial charge in [-0.05, 0) is 55.2 Å². The van der Waals surface area contributed by atoms with Crippen molar-refractivity contribution in [3.63, 3.8) is 0 Å². The van der Waals surface area contributed by atoms with Gasteiger partial charge in [0.1, 0.15) is 5.75 Å². The number of aliphatic hydroxyl groups is 1. The molecule has 2 fully saturated rings. The van der Waals surface area contributed by atoms with Crippen LogP contribution >= 0.6 is 0 Å². The lowest BCUT2D eigenvalue weighted by Gasteiger charge is -2.47. The molecule has 1 unspecified atom stereocenters. The Balaban J connectivity index is 1.81. The average Bonchev–Trinajstić information content (AvgIpc) is 3.03. The summed E-state index contributed by atoms with van der Waals surface area (Å²) in [4.78, 5) is 0. The Morgan fingerprint density at radius 3 is 2.79 bits per heavy atom. The van der Waals surface area contributed by atoms with Gasteiger partial charge in [0.15, 0.2) is 5.79 Å². The van der Waals surface area contributed by atoms with Crippen molar-refractivity contribution in [2.45, 2.75) is 44.8 Å². The van der Waals surface area contributed by atoms with Gasteiger partial charge >= 0.3 is 0 Å². The smallest absolute Gasteiger partial charge is 0.171 e. The van der Waals surface area contributed by atoms with E-state index in [-0.39, 0.29) is 6.61 Å². The van der Waals surface area contributed by atoms with Gasteiger partial charge < -0.3 is 19.3 Å². The molecular formula is C20H30O4. The predicted octanol–water partition coefficient (Wildman–Crippen LogP) is 3.42. The van der Waals surface area contributed by atoms with Crippen molar-refractivity contribution in [3.05, 3.63) is 29.8 Å². The number of benzene rings is 1. The van der Waals surface area contributed by atoms with Crippen molar-refractivity contribution in [1.82, 2.24) is 0 Å². The second-order valence-corrected chi connectivity index (χ2v) is 7.34. The minimum Gasteiger partial charge on any atom is -0.497 e. The van der Waals surface area contributed by atoms with Gasteiger partial charge in [-0.25, -0.2) is 0 Å². The van der Waals surface area contributed by atoms with Crippen molar-refractivity contribution < 1.29 is 19.3 Å². The van der Waals surface area contributed by atoms with Crippen molar-refractivity contribution >= 4 is 0 Å². The monoisotopic (exact) mass is 334 g/mol. The van der Waals surface area contributed by atoms with Crippen LogP contribution in [0.1, 0.15) is 38.2 Å². The molecule has 4 heteroatoms. The molecule has 1 aromatic carbocycles. The molecule has 134 valence electrons. The lowest BCUT2D eigenvalue weighted by Crippen LogP contribution is -2.49. The maximum atomic E-state index is 9.33. The van der Waals surface area contributed by atoms with Gasteiger partial charge in [-0.15, -0.1) is 0 Å². The number of rotatable bonds is 6. The van der Waals surface area contributed by atoms with Crippen LogP contribution < -0.4 is 4.74 Å². The van der Waals surface area contributed by atoms with Crippen LogP contribution in [0.5, 0.6) is 5.75 Å². The van der Waals surface area contributed by atoms with E-state index in [9.17, 15) is 5.11 Å². The van der Waals surface area contributed by atoms with Crippen molar-refractivity contribution in [2.24, 2.45) is 17.8 Å². The van der Waals surface area contributed by atoms with Crippen LogP contribution in [-0.4, -0.2) is 37.8 Å². The summed E-state index contributed by atoms with van der Waals surface area (Å²) in [5.41, 5.74) is 1.30. The summed E-state index contributed by atoms with van der Waals surface area (Å²) in [5.74, 6) is 1.91. The zero-order valence-corrected chi connectivity index (χ0v) is 14.9. The van der Waals surface area contributed by atoms with Gasteiger partial charge in [0, 0.05) is 18.9 Å². The lowest BCUT2D eigenvalue weighted by molar-refractivity contribution is -0.236. The third-order valence-corrected chi connectivity index (χ3v) is 5.55. The van der Waals surface area contributed by atoms with Gasteiger partial charge in [-0.2, -0.15) is 0 Å². The lowest BCUT2D eigenvalue weighted by atomic mass is 9.67. The van der Waals surface area contributed by atoms with E-state index in [1.54, 1.807) is 7.11 Å². The van der Waals surface area contributed by atoms with Crippen LogP contribution in [0.25, 0.3) is 0 Å². The van der Waals surface area contributed by atoms with Crippen LogP contribution in [-0.2, 0) is 15.9 Å². The van der Waals surface area contributed by atoms with E-state index in [0.29, 0.717) is 31.0 Å². The summed E-state index contributed by atoms with van der Waals surface area (Å²) in [6.07, 6.45) is 4.92. The molecule has 24 heavy (non-hydrogen) atoms. The molecule has 1 aliphatic carbocycles. The fourth-order valence-corrected chi connectivity index (χ4v) is 4.66. The second-order valence-electron chi connectivity index (χ2n) is 7.34. The molecule has 3 atom stereocenters. The number of hydrogen-bond acceptors (Lipinski definition) is 4. The molecule has 1 heterocycles. The largest absolute Gasteiger partial charge is 0.497 e. The van der Waals surface area contributed by atoms with Gasteiger partial charge in [-0.1, -0.05) is 19.1 Å². The van der Waals surface area contributed by atoms with Crippen LogP contribution in [0.2, 0.25) is 0 Å². The van der Waals surface area contributed by atoms with Gasteiger partial charge in [0.25, 0.3) is 0 Å². The topological polar surface area (TPSA) is 47.9 Å². The van der Waals surface area contributed by atoms with Crippen LogP contribution in [0.3, 0.4) is 0 Å². The molecule has 3 rings (SSSR count). The Hall–Kier alpha value is -1.10. The first-order valence-corrected chi connectivity index (χ1v) is 9.18. The molecule has 1 aromatic rings. The highest BCUT2D eigenvalue weighted by atomic mass is 16.7. The summed E-state index contributed by atoms with van der Waals surface area (Å²) >= 11 is 0. The summed E-state index contributed by atoms with van der Waals surface area (Å²) in [7, 11) is 1.71. The van der Waals surface area contributed by atoms with Crippen LogP contribution in [0.4, 0.5) is 0 Å². The van der Waals surface area contributed by atoms with Crippen LogP contribution in [0.15, 0.2) is 24.3 Å². The van der Waals surface area contributed by atoms with E-state index < -0.39 is 5.79 Å². The zero-order chi connectivity index (χ0) is 17.0. The first-order chi connectivity index (χ1) is 11.7. The Kier molecular flexibility index (Phi) is 5.80. The van der Waals surface area contributed by atoms with Crippen molar-refractivity contribution in [1.29, 1.82) is 0 Å². The number of hydrogen-bond donors (Lipinski definition) is 1. The minimum atomic E-state index is -0.434. The number of ether oxygens (including phenoxy) is 3. The van der Waals surface area contributed by atoms with Gasteiger partial charge in [-0.3, -0.25) is 0 Å². The minimum absolute atomic E-state index is 0.230. The standard InChI is InChI=1S/C20H30O4/c1-15-11-17(12-16-5-3-6-18(13-16)22-2)19(7-4-8-21)20(14-15)23-9-10-24-20/h3,5-6,13,15,17,19,21H,4,7-12,14H2,1-2H3/t15-,17+,19?/m1/s1. The summed E-state index contributed by atoms with van der Waals surface area (Å²) in [6.45, 7) is 3.91. The maximum absolute atomic E-state index is 9.33. The van der Waals surface area contributed by atoms with E-state index in [4.69, 9.17) is 14.2 Å². The molecule has 2 aliphatic rings. The zero-order valence-electron chi connectivity index (χ0n) is 14.9. The fraction of sp³-hybridized carbons (Fsp3) is 0.700. The Morgan fingerprint density at radius 1 is 1.29 bits per heavy atom. The SMILES string of the molecule is COc1cccc(C[C@@H]2C[C@@H](C)CC3(OCCO3)C2CCCO)c1. The average molecular weight is 334 g/mol. The maximum Gasteiger partial charge on any atom is 0.171 e. The fourth-order valence-electron chi connectivity index (χ4n) is 4.66. The van der Waals surface area contributed by atoms with E-state index in [0.717, 1.165) is 31.4 Å². The van der Waals surface area contributed by atoms with Gasteiger partial charge in [0.2, 0.25) is 0 Å². The molecule has 0 aromatic heterocycles. The molecule has 0 radical (unpaired) electrons. The van der Waals surface area contributed by atoms with Crippen LogP contribution in [0, 0.1) is 17.8 Å². The van der Waals surface area contributed by atoms with E-state index >= 15 is 0 Å². The molecule has 0 amide bonds. The first-order valence-electron chi connectivity index (χ1n) is 9.18. The van der Waals surface area contributed by atoms with Gasteiger partial charge in [0.05, 0.1) is 20.3 Å². The first kappa shape index (κ1) is 17.7. The highest BCUT2D eigenvalue weighted by Gasteiger charge is 2.51. The number of methoxy groups -OCH3 is 1. The third-order valence-electron chi connectivity index (χ3n) is 5.55. The second kappa shape index (κ2) is 7.85. The molecule has 1 spiro atoms. The summed E-state index contributed by atoms with van der Waals surface area (Å²) in [5, 5.41) is 9.33. The normalized spacial score (nSPS) is 29.0. The molecule has 4 nitrogen and oxygen atoms in total. The van der Waals surface area contributed by atoms with Crippen molar-refractivity contribution in [2.75, 3.05) is 26.9 Å². The Morgan fingerprint density at radius 2 is 2.08 bits per heavy atom. The molecule has 1 saturated carbocycles. The third kappa shape index (κ3) is 3.76. The quantitative estimate of drug-likeness (QED) is 0.866. The van der Waals surface area contributed by atoms with E-state index in [2.05, 4.69) is 25.1 Å². The molecular weight excluding hydrogens is 304 g/mol.